The lowest BCUT2D eigenvalue weighted by molar-refractivity contribution is -0.111. The first-order chi connectivity index (χ1) is 13.3. The zero-order valence-electron chi connectivity index (χ0n) is 14.1. The Morgan fingerprint density at radius 1 is 1.04 bits per heavy atom. The molecule has 8 heteroatoms. The van der Waals surface area contributed by atoms with Gasteiger partial charge in [0.1, 0.15) is 0 Å². The average Bonchev–Trinajstić information content (AvgIpc) is 3.37. The second-order valence-electron chi connectivity index (χ2n) is 5.57. The number of amides is 1. The molecule has 0 saturated heterocycles. The van der Waals surface area contributed by atoms with Crippen LogP contribution >= 0.6 is 11.5 Å². The first-order valence-corrected chi connectivity index (χ1v) is 8.91. The molecule has 0 spiro atoms. The molecular formula is C19H14N6OS. The van der Waals surface area contributed by atoms with E-state index >= 15 is 0 Å². The predicted octanol–water partition coefficient (Wildman–Crippen LogP) is 3.44. The lowest BCUT2D eigenvalue weighted by Gasteiger charge is -2.00. The standard InChI is InChI=1S/C19H14N6OS/c26-17(20-19-21-23-24-27-19)12-11-15-13-25(16-9-5-2-6-10-16)22-18(15)14-7-3-1-4-8-14/h1-13H,(H,20,21,24,26)/b12-11+. The van der Waals surface area contributed by atoms with Crippen molar-refractivity contribution in [3.8, 4) is 16.9 Å². The first kappa shape index (κ1) is 16.8. The van der Waals surface area contributed by atoms with Gasteiger partial charge in [-0.15, -0.1) is 0 Å². The number of nitrogens with one attached hydrogen (secondary N) is 1. The minimum atomic E-state index is -0.306. The third kappa shape index (κ3) is 3.96. The van der Waals surface area contributed by atoms with Crippen molar-refractivity contribution in [2.24, 2.45) is 0 Å². The average molecular weight is 374 g/mol. The maximum atomic E-state index is 12.1. The van der Waals surface area contributed by atoms with Gasteiger partial charge in [0.25, 0.3) is 0 Å². The molecule has 0 atom stereocenters. The number of para-hydroxylation sites is 1. The van der Waals surface area contributed by atoms with Crippen molar-refractivity contribution in [1.82, 2.24) is 24.6 Å². The van der Waals surface area contributed by atoms with Crippen LogP contribution in [-0.4, -0.2) is 30.5 Å². The second kappa shape index (κ2) is 7.71. The third-order valence-corrected chi connectivity index (χ3v) is 4.27. The van der Waals surface area contributed by atoms with E-state index in [4.69, 9.17) is 5.10 Å². The monoisotopic (exact) mass is 374 g/mol. The molecule has 1 amide bonds. The van der Waals surface area contributed by atoms with E-state index in [1.807, 2.05) is 66.9 Å². The molecule has 0 bridgehead atoms. The predicted molar refractivity (Wildman–Crippen MR) is 104 cm³/mol. The number of rotatable bonds is 5. The molecule has 0 saturated carbocycles. The van der Waals surface area contributed by atoms with Crippen LogP contribution in [0.3, 0.4) is 0 Å². The summed E-state index contributed by atoms with van der Waals surface area (Å²) in [4.78, 5) is 12.1. The summed E-state index contributed by atoms with van der Waals surface area (Å²) < 4.78 is 5.41. The highest BCUT2D eigenvalue weighted by molar-refractivity contribution is 7.09. The molecule has 0 unspecified atom stereocenters. The van der Waals surface area contributed by atoms with Gasteiger partial charge in [0.05, 0.1) is 11.4 Å². The fourth-order valence-electron chi connectivity index (χ4n) is 2.54. The molecule has 0 radical (unpaired) electrons. The summed E-state index contributed by atoms with van der Waals surface area (Å²) in [7, 11) is 0. The van der Waals surface area contributed by atoms with Crippen LogP contribution < -0.4 is 5.32 Å². The summed E-state index contributed by atoms with van der Waals surface area (Å²) in [5.74, 6) is -0.306. The topological polar surface area (TPSA) is 85.6 Å². The van der Waals surface area contributed by atoms with E-state index < -0.39 is 0 Å². The Kier molecular flexibility index (Phi) is 4.80. The highest BCUT2D eigenvalue weighted by Crippen LogP contribution is 2.24. The summed E-state index contributed by atoms with van der Waals surface area (Å²) in [6, 6.07) is 19.7. The van der Waals surface area contributed by atoms with E-state index in [9.17, 15) is 4.79 Å². The zero-order chi connectivity index (χ0) is 18.5. The third-order valence-electron chi connectivity index (χ3n) is 3.75. The van der Waals surface area contributed by atoms with Crippen LogP contribution in [0.15, 0.2) is 72.9 Å². The SMILES string of the molecule is O=C(/C=C/c1cn(-c2ccccc2)nc1-c1ccccc1)Nc1nnns1. The lowest BCUT2D eigenvalue weighted by Crippen LogP contribution is -2.07. The highest BCUT2D eigenvalue weighted by atomic mass is 32.1. The molecule has 27 heavy (non-hydrogen) atoms. The minimum Gasteiger partial charge on any atom is -0.296 e. The van der Waals surface area contributed by atoms with Gasteiger partial charge in [-0.1, -0.05) is 58.1 Å². The van der Waals surface area contributed by atoms with E-state index in [0.717, 1.165) is 34.0 Å². The Morgan fingerprint density at radius 2 is 1.78 bits per heavy atom. The number of benzene rings is 2. The van der Waals surface area contributed by atoms with Gasteiger partial charge in [-0.05, 0) is 23.4 Å². The number of anilines is 1. The molecule has 0 aliphatic carbocycles. The molecule has 2 aromatic carbocycles. The maximum absolute atomic E-state index is 12.1. The van der Waals surface area contributed by atoms with Crippen molar-refractivity contribution < 1.29 is 4.79 Å². The fraction of sp³-hybridized carbons (Fsp3) is 0. The van der Waals surface area contributed by atoms with Gasteiger partial charge in [0, 0.05) is 34.9 Å². The zero-order valence-corrected chi connectivity index (χ0v) is 14.9. The summed E-state index contributed by atoms with van der Waals surface area (Å²) in [5.41, 5.74) is 3.54. The molecule has 0 aliphatic rings. The number of nitrogens with zero attached hydrogens (tertiary/aromatic N) is 5. The van der Waals surface area contributed by atoms with Gasteiger partial charge in [0.15, 0.2) is 0 Å². The smallest absolute Gasteiger partial charge is 0.250 e. The summed E-state index contributed by atoms with van der Waals surface area (Å²) in [6.45, 7) is 0. The van der Waals surface area contributed by atoms with E-state index in [1.165, 1.54) is 6.08 Å². The summed E-state index contributed by atoms with van der Waals surface area (Å²) >= 11 is 1.02. The summed E-state index contributed by atoms with van der Waals surface area (Å²) in [6.07, 6.45) is 5.08. The summed E-state index contributed by atoms with van der Waals surface area (Å²) in [5, 5.41) is 14.8. The van der Waals surface area contributed by atoms with Crippen molar-refractivity contribution in [3.63, 3.8) is 0 Å². The minimum absolute atomic E-state index is 0.306. The van der Waals surface area contributed by atoms with E-state index in [2.05, 4.69) is 20.1 Å². The largest absolute Gasteiger partial charge is 0.296 e. The van der Waals surface area contributed by atoms with Crippen LogP contribution in [0.25, 0.3) is 23.0 Å². The molecule has 0 fully saturated rings. The van der Waals surface area contributed by atoms with E-state index in [1.54, 1.807) is 10.8 Å². The van der Waals surface area contributed by atoms with Gasteiger partial charge >= 0.3 is 0 Å². The molecule has 132 valence electrons. The van der Waals surface area contributed by atoms with Gasteiger partial charge in [-0.2, -0.15) is 5.10 Å². The van der Waals surface area contributed by atoms with Crippen molar-refractivity contribution in [2.45, 2.75) is 0 Å². The molecule has 1 N–H and O–H groups in total. The second-order valence-corrected chi connectivity index (χ2v) is 6.30. The lowest BCUT2D eigenvalue weighted by atomic mass is 10.1. The highest BCUT2D eigenvalue weighted by Gasteiger charge is 2.11. The fourth-order valence-corrected chi connectivity index (χ4v) is 2.91. The Bertz CT molecular complexity index is 1060. The Balaban J connectivity index is 1.67. The van der Waals surface area contributed by atoms with E-state index in [-0.39, 0.29) is 5.91 Å². The molecule has 4 rings (SSSR count). The van der Waals surface area contributed by atoms with Gasteiger partial charge in [0.2, 0.25) is 11.0 Å². The van der Waals surface area contributed by atoms with Crippen molar-refractivity contribution in [1.29, 1.82) is 0 Å². The molecule has 2 aromatic heterocycles. The molecule has 4 aromatic rings. The van der Waals surface area contributed by atoms with Crippen LogP contribution in [0.2, 0.25) is 0 Å². The Morgan fingerprint density at radius 3 is 2.48 bits per heavy atom. The Hall–Kier alpha value is -3.65. The number of carbonyl (C=O) groups excluding carboxylic acids is 1. The van der Waals surface area contributed by atoms with Gasteiger partial charge < -0.3 is 0 Å². The van der Waals surface area contributed by atoms with Crippen molar-refractivity contribution in [3.05, 3.63) is 78.5 Å². The van der Waals surface area contributed by atoms with E-state index in [0.29, 0.717) is 5.13 Å². The van der Waals surface area contributed by atoms with Gasteiger partial charge in [-0.25, -0.2) is 4.68 Å². The molecule has 2 heterocycles. The number of hydrogen-bond acceptors (Lipinski definition) is 6. The van der Waals surface area contributed by atoms with Crippen LogP contribution in [0.4, 0.5) is 5.13 Å². The van der Waals surface area contributed by atoms with Crippen LogP contribution in [-0.2, 0) is 4.79 Å². The van der Waals surface area contributed by atoms with Crippen LogP contribution in [0, 0.1) is 0 Å². The number of carbonyl (C=O) groups is 1. The van der Waals surface area contributed by atoms with Gasteiger partial charge in [-0.3, -0.25) is 10.1 Å². The van der Waals surface area contributed by atoms with Crippen molar-refractivity contribution in [2.75, 3.05) is 5.32 Å². The molecular weight excluding hydrogens is 360 g/mol. The normalized spacial score (nSPS) is 11.0. The van der Waals surface area contributed by atoms with Crippen molar-refractivity contribution >= 4 is 28.6 Å². The maximum Gasteiger partial charge on any atom is 0.250 e. The number of hydrogen-bond donors (Lipinski definition) is 1. The first-order valence-electron chi connectivity index (χ1n) is 8.14. The molecule has 0 aliphatic heterocycles. The number of aromatic nitrogens is 5. The quantitative estimate of drug-likeness (QED) is 0.541. The molecule has 7 nitrogen and oxygen atoms in total. The Labute approximate surface area is 159 Å². The van der Waals surface area contributed by atoms with Crippen LogP contribution in [0.1, 0.15) is 5.56 Å². The van der Waals surface area contributed by atoms with Crippen LogP contribution in [0.5, 0.6) is 0 Å².